The summed E-state index contributed by atoms with van der Waals surface area (Å²) < 4.78 is 13.2. The van der Waals surface area contributed by atoms with Crippen molar-refractivity contribution < 1.29 is 4.39 Å². The molecule has 1 heterocycles. The molecule has 2 fully saturated rings. The van der Waals surface area contributed by atoms with E-state index in [-0.39, 0.29) is 11.2 Å². The Morgan fingerprint density at radius 3 is 2.48 bits per heavy atom. The number of guanidine groups is 1. The summed E-state index contributed by atoms with van der Waals surface area (Å²) >= 11 is 0. The van der Waals surface area contributed by atoms with Crippen molar-refractivity contribution in [2.45, 2.75) is 50.5 Å². The number of rotatable bonds is 6. The van der Waals surface area contributed by atoms with Crippen LogP contribution >= 0.6 is 0 Å². The minimum absolute atomic E-state index is 0.149. The van der Waals surface area contributed by atoms with Crippen molar-refractivity contribution in [3.05, 3.63) is 35.6 Å². The topological polar surface area (TPSA) is 39.7 Å². The molecule has 2 aliphatic rings. The summed E-state index contributed by atoms with van der Waals surface area (Å²) in [6.45, 7) is 6.64. The number of hydrogen-bond acceptors (Lipinski definition) is 2. The van der Waals surface area contributed by atoms with E-state index in [0.717, 1.165) is 25.3 Å². The van der Waals surface area contributed by atoms with Crippen LogP contribution in [0.4, 0.5) is 4.39 Å². The Bertz CT molecular complexity index is 572. The van der Waals surface area contributed by atoms with Gasteiger partial charge < -0.3 is 15.5 Å². The SMILES string of the molecule is CCCN1CCC(NC(=NC)NCC2(c3ccc(F)cc3)CC2)CC1. The number of likely N-dealkylation sites (tertiary alicyclic amines) is 1. The van der Waals surface area contributed by atoms with Gasteiger partial charge in [-0.1, -0.05) is 19.1 Å². The summed E-state index contributed by atoms with van der Waals surface area (Å²) in [5, 5.41) is 7.08. The second kappa shape index (κ2) is 8.17. The predicted molar refractivity (Wildman–Crippen MR) is 102 cm³/mol. The Kier molecular flexibility index (Phi) is 5.94. The molecule has 1 aromatic carbocycles. The first-order valence-corrected chi connectivity index (χ1v) is 9.61. The fourth-order valence-electron chi connectivity index (χ4n) is 3.78. The van der Waals surface area contributed by atoms with E-state index in [0.29, 0.717) is 6.04 Å². The lowest BCUT2D eigenvalue weighted by atomic mass is 9.96. The maximum atomic E-state index is 13.2. The van der Waals surface area contributed by atoms with Crippen LogP contribution in [0.2, 0.25) is 0 Å². The van der Waals surface area contributed by atoms with Crippen LogP contribution in [0, 0.1) is 5.82 Å². The van der Waals surface area contributed by atoms with Gasteiger partial charge in [0, 0.05) is 38.1 Å². The Hall–Kier alpha value is -1.62. The van der Waals surface area contributed by atoms with Gasteiger partial charge in [0.05, 0.1) is 0 Å². The average molecular weight is 346 g/mol. The molecule has 25 heavy (non-hydrogen) atoms. The molecule has 0 unspecified atom stereocenters. The molecule has 0 radical (unpaired) electrons. The van der Waals surface area contributed by atoms with Crippen molar-refractivity contribution in [3.63, 3.8) is 0 Å². The summed E-state index contributed by atoms with van der Waals surface area (Å²) in [4.78, 5) is 6.94. The molecule has 1 saturated heterocycles. The highest BCUT2D eigenvalue weighted by atomic mass is 19.1. The fraction of sp³-hybridized carbons (Fsp3) is 0.650. The molecular formula is C20H31FN4. The van der Waals surface area contributed by atoms with Gasteiger partial charge in [0.2, 0.25) is 0 Å². The van der Waals surface area contributed by atoms with Crippen LogP contribution in [0.1, 0.15) is 44.6 Å². The highest BCUT2D eigenvalue weighted by Crippen LogP contribution is 2.47. The molecule has 0 aromatic heterocycles. The molecule has 0 amide bonds. The van der Waals surface area contributed by atoms with E-state index in [1.807, 2.05) is 19.2 Å². The van der Waals surface area contributed by atoms with Gasteiger partial charge in [-0.3, -0.25) is 4.99 Å². The highest BCUT2D eigenvalue weighted by molar-refractivity contribution is 5.80. The van der Waals surface area contributed by atoms with Gasteiger partial charge in [-0.15, -0.1) is 0 Å². The van der Waals surface area contributed by atoms with Crippen LogP contribution in [0.3, 0.4) is 0 Å². The van der Waals surface area contributed by atoms with Gasteiger partial charge in [-0.05, 0) is 56.3 Å². The lowest BCUT2D eigenvalue weighted by Gasteiger charge is -2.33. The third kappa shape index (κ3) is 4.72. The van der Waals surface area contributed by atoms with Crippen molar-refractivity contribution in [3.8, 4) is 0 Å². The molecule has 0 atom stereocenters. The zero-order chi connectivity index (χ0) is 17.7. The standard InChI is InChI=1S/C20H31FN4/c1-3-12-25-13-8-18(9-14-25)24-19(22-2)23-15-20(10-11-20)16-4-6-17(21)7-5-16/h4-7,18H,3,8-15H2,1-2H3,(H2,22,23,24). The number of hydrogen-bond donors (Lipinski definition) is 2. The molecule has 138 valence electrons. The quantitative estimate of drug-likeness (QED) is 0.615. The van der Waals surface area contributed by atoms with E-state index < -0.39 is 0 Å². The van der Waals surface area contributed by atoms with Crippen molar-refractivity contribution in [1.82, 2.24) is 15.5 Å². The monoisotopic (exact) mass is 346 g/mol. The van der Waals surface area contributed by atoms with Gasteiger partial charge in [0.1, 0.15) is 5.82 Å². The molecular weight excluding hydrogens is 315 g/mol. The number of nitrogens with one attached hydrogen (secondary N) is 2. The molecule has 3 rings (SSSR count). The van der Waals surface area contributed by atoms with E-state index in [9.17, 15) is 4.39 Å². The van der Waals surface area contributed by atoms with E-state index in [4.69, 9.17) is 0 Å². The lowest BCUT2D eigenvalue weighted by Crippen LogP contribution is -2.49. The average Bonchev–Trinajstić information content (AvgIpc) is 3.42. The molecule has 0 bridgehead atoms. The van der Waals surface area contributed by atoms with Crippen LogP contribution in [-0.4, -0.2) is 50.1 Å². The smallest absolute Gasteiger partial charge is 0.191 e. The molecule has 4 nitrogen and oxygen atoms in total. The first-order chi connectivity index (χ1) is 12.1. The number of piperidine rings is 1. The van der Waals surface area contributed by atoms with Gasteiger partial charge >= 0.3 is 0 Å². The van der Waals surface area contributed by atoms with Gasteiger partial charge in [-0.2, -0.15) is 0 Å². The Labute approximate surface area is 150 Å². The van der Waals surface area contributed by atoms with Crippen LogP contribution in [-0.2, 0) is 5.41 Å². The van der Waals surface area contributed by atoms with Crippen LogP contribution in [0.5, 0.6) is 0 Å². The number of benzene rings is 1. The predicted octanol–water partition coefficient (Wildman–Crippen LogP) is 2.90. The van der Waals surface area contributed by atoms with Crippen LogP contribution in [0.15, 0.2) is 29.3 Å². The normalized spacial score (nSPS) is 21.2. The summed E-state index contributed by atoms with van der Waals surface area (Å²) in [6.07, 6.45) is 5.87. The zero-order valence-corrected chi connectivity index (χ0v) is 15.5. The Balaban J connectivity index is 1.48. The van der Waals surface area contributed by atoms with Crippen molar-refractivity contribution in [2.24, 2.45) is 4.99 Å². The number of halogens is 1. The van der Waals surface area contributed by atoms with E-state index in [1.54, 1.807) is 12.1 Å². The minimum atomic E-state index is -0.167. The molecule has 1 aromatic rings. The summed E-state index contributed by atoms with van der Waals surface area (Å²) in [7, 11) is 1.83. The molecule has 2 N–H and O–H groups in total. The van der Waals surface area contributed by atoms with E-state index in [2.05, 4.69) is 27.4 Å². The Morgan fingerprint density at radius 2 is 1.92 bits per heavy atom. The maximum absolute atomic E-state index is 13.2. The van der Waals surface area contributed by atoms with Crippen molar-refractivity contribution in [2.75, 3.05) is 33.2 Å². The highest BCUT2D eigenvalue weighted by Gasteiger charge is 2.44. The first-order valence-electron chi connectivity index (χ1n) is 9.61. The second-order valence-electron chi connectivity index (χ2n) is 7.47. The van der Waals surface area contributed by atoms with Crippen molar-refractivity contribution in [1.29, 1.82) is 0 Å². The summed E-state index contributed by atoms with van der Waals surface area (Å²) in [5.41, 5.74) is 1.38. The van der Waals surface area contributed by atoms with Gasteiger partial charge in [0.25, 0.3) is 0 Å². The van der Waals surface area contributed by atoms with E-state index in [1.165, 1.54) is 44.5 Å². The number of nitrogens with zero attached hydrogens (tertiary/aromatic N) is 2. The first kappa shape index (κ1) is 18.2. The summed E-state index contributed by atoms with van der Waals surface area (Å²) in [5.74, 6) is 0.724. The number of aliphatic imine (C=N–C) groups is 1. The molecule has 5 heteroatoms. The van der Waals surface area contributed by atoms with Crippen LogP contribution in [0.25, 0.3) is 0 Å². The molecule has 0 spiro atoms. The summed E-state index contributed by atoms with van der Waals surface area (Å²) in [6, 6.07) is 7.46. The Morgan fingerprint density at radius 1 is 1.24 bits per heavy atom. The third-order valence-electron chi connectivity index (χ3n) is 5.60. The van der Waals surface area contributed by atoms with Gasteiger partial charge in [-0.25, -0.2) is 4.39 Å². The lowest BCUT2D eigenvalue weighted by molar-refractivity contribution is 0.206. The minimum Gasteiger partial charge on any atom is -0.356 e. The zero-order valence-electron chi connectivity index (χ0n) is 15.5. The van der Waals surface area contributed by atoms with Crippen LogP contribution < -0.4 is 10.6 Å². The van der Waals surface area contributed by atoms with E-state index >= 15 is 0 Å². The molecule has 1 aliphatic carbocycles. The fourth-order valence-corrected chi connectivity index (χ4v) is 3.78. The molecule has 1 aliphatic heterocycles. The third-order valence-corrected chi connectivity index (χ3v) is 5.60. The maximum Gasteiger partial charge on any atom is 0.191 e. The molecule has 1 saturated carbocycles. The van der Waals surface area contributed by atoms with Crippen molar-refractivity contribution >= 4 is 5.96 Å². The van der Waals surface area contributed by atoms with Gasteiger partial charge in [0.15, 0.2) is 5.96 Å². The largest absolute Gasteiger partial charge is 0.356 e. The second-order valence-corrected chi connectivity index (χ2v) is 7.47.